The number of benzene rings is 2. The summed E-state index contributed by atoms with van der Waals surface area (Å²) in [6.45, 7) is 7.69. The van der Waals surface area contributed by atoms with E-state index in [4.69, 9.17) is 4.74 Å². The van der Waals surface area contributed by atoms with E-state index in [0.717, 1.165) is 22.0 Å². The maximum Gasteiger partial charge on any atom is 0.313 e. The zero-order chi connectivity index (χ0) is 21.1. The molecule has 0 unspecified atom stereocenters. The zero-order valence-electron chi connectivity index (χ0n) is 17.4. The van der Waals surface area contributed by atoms with Crippen molar-refractivity contribution in [2.75, 3.05) is 5.32 Å². The van der Waals surface area contributed by atoms with Crippen LogP contribution in [0.5, 0.6) is 5.75 Å². The summed E-state index contributed by atoms with van der Waals surface area (Å²) in [6, 6.07) is 11.8. The molecule has 2 N–H and O–H groups in total. The number of carbonyl (C=O) groups is 2. The molecule has 1 heterocycles. The molecule has 2 amide bonds. The number of nitrogens with one attached hydrogen (secondary N) is 2. The van der Waals surface area contributed by atoms with Gasteiger partial charge in [0.15, 0.2) is 0 Å². The Labute approximate surface area is 170 Å². The molecule has 1 aromatic heterocycles. The van der Waals surface area contributed by atoms with Crippen molar-refractivity contribution in [2.45, 2.75) is 40.3 Å². The first-order chi connectivity index (χ1) is 13.8. The maximum absolute atomic E-state index is 12.4. The molecule has 0 spiro atoms. The number of aromatic nitrogens is 2. The van der Waals surface area contributed by atoms with Crippen molar-refractivity contribution in [1.82, 2.24) is 15.1 Å². The van der Waals surface area contributed by atoms with E-state index >= 15 is 0 Å². The Kier molecular flexibility index (Phi) is 5.87. The van der Waals surface area contributed by atoms with E-state index in [1.54, 1.807) is 18.7 Å². The third-order valence-electron chi connectivity index (χ3n) is 4.74. The summed E-state index contributed by atoms with van der Waals surface area (Å²) in [5.41, 5.74) is 2.84. The van der Waals surface area contributed by atoms with Gasteiger partial charge >= 0.3 is 11.8 Å². The highest BCUT2D eigenvalue weighted by atomic mass is 16.5. The lowest BCUT2D eigenvalue weighted by Crippen LogP contribution is -2.35. The Balaban J connectivity index is 1.78. The molecule has 0 saturated carbocycles. The average Bonchev–Trinajstić information content (AvgIpc) is 2.92. The fourth-order valence-corrected chi connectivity index (χ4v) is 3.24. The highest BCUT2D eigenvalue weighted by Crippen LogP contribution is 2.29. The van der Waals surface area contributed by atoms with E-state index in [1.807, 2.05) is 57.2 Å². The smallest absolute Gasteiger partial charge is 0.313 e. The summed E-state index contributed by atoms with van der Waals surface area (Å²) >= 11 is 0. The van der Waals surface area contributed by atoms with Gasteiger partial charge in [-0.05, 0) is 44.5 Å². The summed E-state index contributed by atoms with van der Waals surface area (Å²) in [5, 5.41) is 11.6. The molecule has 0 atom stereocenters. The van der Waals surface area contributed by atoms with Gasteiger partial charge in [0.25, 0.3) is 0 Å². The minimum absolute atomic E-state index is 0.00885. The van der Waals surface area contributed by atoms with Crippen LogP contribution in [0.1, 0.15) is 30.8 Å². The number of hydrogen-bond donors (Lipinski definition) is 2. The summed E-state index contributed by atoms with van der Waals surface area (Å²) in [5.74, 6) is -0.745. The van der Waals surface area contributed by atoms with Crippen LogP contribution >= 0.6 is 0 Å². The number of ether oxygens (including phenoxy) is 1. The largest absolute Gasteiger partial charge is 0.491 e. The van der Waals surface area contributed by atoms with Crippen molar-refractivity contribution >= 4 is 28.3 Å². The molecular weight excluding hydrogens is 368 g/mol. The van der Waals surface area contributed by atoms with Crippen molar-refractivity contribution in [3.8, 4) is 5.75 Å². The topological polar surface area (TPSA) is 85.2 Å². The van der Waals surface area contributed by atoms with Crippen molar-refractivity contribution < 1.29 is 14.3 Å². The van der Waals surface area contributed by atoms with Gasteiger partial charge < -0.3 is 15.4 Å². The first-order valence-electron chi connectivity index (χ1n) is 9.54. The molecule has 29 heavy (non-hydrogen) atoms. The summed E-state index contributed by atoms with van der Waals surface area (Å²) < 4.78 is 7.57. The molecule has 7 nitrogen and oxygen atoms in total. The van der Waals surface area contributed by atoms with Crippen LogP contribution in [0.15, 0.2) is 36.4 Å². The van der Waals surface area contributed by atoms with Crippen molar-refractivity contribution in [2.24, 2.45) is 7.05 Å². The fourth-order valence-electron chi connectivity index (χ4n) is 3.24. The van der Waals surface area contributed by atoms with Crippen LogP contribution in [0.3, 0.4) is 0 Å². The SMILES string of the molecule is Cc1nn(C)c(C)c1NC(=O)C(=O)NCc1c(OC(C)C)ccc2ccccc12. The third kappa shape index (κ3) is 4.39. The second-order valence-corrected chi connectivity index (χ2v) is 7.24. The molecule has 0 fully saturated rings. The van der Waals surface area contributed by atoms with Gasteiger partial charge in [0, 0.05) is 19.2 Å². The average molecular weight is 394 g/mol. The van der Waals surface area contributed by atoms with Crippen molar-refractivity contribution in [3.63, 3.8) is 0 Å². The van der Waals surface area contributed by atoms with Crippen LogP contribution in [0.2, 0.25) is 0 Å². The van der Waals surface area contributed by atoms with E-state index in [-0.39, 0.29) is 12.6 Å². The normalized spacial score (nSPS) is 11.0. The number of fused-ring (bicyclic) bond motifs is 1. The van der Waals surface area contributed by atoms with Gasteiger partial charge in [0.1, 0.15) is 5.75 Å². The molecular formula is C22H26N4O3. The fraction of sp³-hybridized carbons (Fsp3) is 0.318. The number of rotatable bonds is 5. The Morgan fingerprint density at radius 1 is 1.10 bits per heavy atom. The zero-order valence-corrected chi connectivity index (χ0v) is 17.4. The highest BCUT2D eigenvalue weighted by Gasteiger charge is 2.19. The van der Waals surface area contributed by atoms with Crippen LogP contribution in [0.25, 0.3) is 10.8 Å². The third-order valence-corrected chi connectivity index (χ3v) is 4.74. The number of hydrogen-bond acceptors (Lipinski definition) is 4. The Morgan fingerprint density at radius 2 is 1.83 bits per heavy atom. The van der Waals surface area contributed by atoms with E-state index < -0.39 is 11.8 Å². The van der Waals surface area contributed by atoms with Gasteiger partial charge in [0.2, 0.25) is 0 Å². The second kappa shape index (κ2) is 8.34. The predicted molar refractivity (Wildman–Crippen MR) is 113 cm³/mol. The summed E-state index contributed by atoms with van der Waals surface area (Å²) in [6.07, 6.45) is -0.00885. The highest BCUT2D eigenvalue weighted by molar-refractivity contribution is 6.39. The molecule has 0 aliphatic rings. The van der Waals surface area contributed by atoms with Crippen molar-refractivity contribution in [3.05, 3.63) is 53.3 Å². The van der Waals surface area contributed by atoms with E-state index in [1.165, 1.54) is 0 Å². The minimum atomic E-state index is -0.726. The summed E-state index contributed by atoms with van der Waals surface area (Å²) in [4.78, 5) is 24.8. The Morgan fingerprint density at radius 3 is 2.48 bits per heavy atom. The van der Waals surface area contributed by atoms with E-state index in [0.29, 0.717) is 17.1 Å². The summed E-state index contributed by atoms with van der Waals surface area (Å²) in [7, 11) is 1.79. The van der Waals surface area contributed by atoms with Crippen LogP contribution in [-0.4, -0.2) is 27.7 Å². The first kappa shape index (κ1) is 20.4. The molecule has 152 valence electrons. The van der Waals surface area contributed by atoms with Crippen LogP contribution in [0.4, 0.5) is 5.69 Å². The lowest BCUT2D eigenvalue weighted by Gasteiger charge is -2.17. The lowest BCUT2D eigenvalue weighted by atomic mass is 10.0. The molecule has 3 rings (SSSR count). The number of aryl methyl sites for hydroxylation is 2. The molecule has 0 radical (unpaired) electrons. The van der Waals surface area contributed by atoms with Gasteiger partial charge in [-0.15, -0.1) is 0 Å². The van der Waals surface area contributed by atoms with Gasteiger partial charge in [0.05, 0.1) is 23.2 Å². The van der Waals surface area contributed by atoms with Crippen LogP contribution in [-0.2, 0) is 23.2 Å². The molecule has 2 aromatic carbocycles. The molecule has 0 bridgehead atoms. The van der Waals surface area contributed by atoms with Crippen molar-refractivity contribution in [1.29, 1.82) is 0 Å². The molecule has 3 aromatic rings. The molecule has 7 heteroatoms. The van der Waals surface area contributed by atoms with E-state index in [9.17, 15) is 9.59 Å². The van der Waals surface area contributed by atoms with E-state index in [2.05, 4.69) is 15.7 Å². The first-order valence-corrected chi connectivity index (χ1v) is 9.54. The van der Waals surface area contributed by atoms with Gasteiger partial charge in [-0.1, -0.05) is 30.3 Å². The monoisotopic (exact) mass is 394 g/mol. The van der Waals surface area contributed by atoms with Crippen LogP contribution in [0, 0.1) is 13.8 Å². The lowest BCUT2D eigenvalue weighted by molar-refractivity contribution is -0.136. The second-order valence-electron chi connectivity index (χ2n) is 7.24. The number of anilines is 1. The quantitative estimate of drug-likeness (QED) is 0.651. The molecule has 0 aliphatic heterocycles. The standard InChI is InChI=1S/C22H26N4O3/c1-13(2)29-19-11-10-16-8-6-7-9-17(16)18(19)12-23-21(27)22(28)24-20-14(3)25-26(5)15(20)4/h6-11,13H,12H2,1-5H3,(H,23,27)(H,24,28). The van der Waals surface area contributed by atoms with Crippen LogP contribution < -0.4 is 15.4 Å². The minimum Gasteiger partial charge on any atom is -0.491 e. The van der Waals surface area contributed by atoms with Gasteiger partial charge in [-0.2, -0.15) is 5.10 Å². The van der Waals surface area contributed by atoms with Gasteiger partial charge in [-0.25, -0.2) is 0 Å². The Hall–Kier alpha value is -3.35. The molecule has 0 saturated heterocycles. The predicted octanol–water partition coefficient (Wildman–Crippen LogP) is 3.23. The maximum atomic E-state index is 12.4. The van der Waals surface area contributed by atoms with Gasteiger partial charge in [-0.3, -0.25) is 14.3 Å². The Bertz CT molecular complexity index is 1070. The molecule has 0 aliphatic carbocycles. The number of carbonyl (C=O) groups excluding carboxylic acids is 2. The number of nitrogens with zero attached hydrogens (tertiary/aromatic N) is 2. The number of amides is 2.